The molecule has 0 unspecified atom stereocenters. The highest BCUT2D eigenvalue weighted by Gasteiger charge is 2.03. The van der Waals surface area contributed by atoms with E-state index in [2.05, 4.69) is 5.11 Å². The van der Waals surface area contributed by atoms with Crippen LogP contribution in [0.15, 0.2) is 20.8 Å². The summed E-state index contributed by atoms with van der Waals surface area (Å²) in [5.41, 5.74) is 5.73. The van der Waals surface area contributed by atoms with Gasteiger partial charge in [-0.3, -0.25) is 13.9 Å². The van der Waals surface area contributed by atoms with Gasteiger partial charge >= 0.3 is 5.69 Å². The maximum absolute atomic E-state index is 11.2. The second-order valence-corrected chi connectivity index (χ2v) is 2.35. The van der Waals surface area contributed by atoms with Crippen LogP contribution < -0.4 is 11.2 Å². The van der Waals surface area contributed by atoms with E-state index in [-0.39, 0.29) is 5.82 Å². The summed E-state index contributed by atoms with van der Waals surface area (Å²) < 4.78 is 2.09. The zero-order valence-electron chi connectivity index (χ0n) is 6.74. The molecule has 6 heteroatoms. The minimum atomic E-state index is -0.478. The lowest BCUT2D eigenvalue weighted by Crippen LogP contribution is -2.35. The third-order valence-electron chi connectivity index (χ3n) is 1.62. The Kier molecular flexibility index (Phi) is 1.90. The SMILES string of the molecule is Cn1c(N=N)cc(=O)n(C)c1=O. The smallest absolute Gasteiger partial charge is 0.280 e. The Balaban J connectivity index is 3.73. The molecule has 1 heterocycles. The number of aromatic nitrogens is 2. The van der Waals surface area contributed by atoms with Crippen molar-refractivity contribution in [1.82, 2.24) is 9.13 Å². The van der Waals surface area contributed by atoms with Crippen LogP contribution in [0.4, 0.5) is 5.82 Å². The minimum absolute atomic E-state index is 0.0584. The van der Waals surface area contributed by atoms with Crippen LogP contribution in [0.25, 0.3) is 0 Å². The van der Waals surface area contributed by atoms with Gasteiger partial charge in [0.05, 0.1) is 0 Å². The van der Waals surface area contributed by atoms with E-state index >= 15 is 0 Å². The average molecular weight is 168 g/mol. The molecule has 1 aromatic rings. The summed E-state index contributed by atoms with van der Waals surface area (Å²) in [6, 6.07) is 1.13. The predicted molar refractivity (Wildman–Crippen MR) is 41.7 cm³/mol. The first-order chi connectivity index (χ1) is 5.57. The van der Waals surface area contributed by atoms with Crippen molar-refractivity contribution in [2.24, 2.45) is 19.2 Å². The summed E-state index contributed by atoms with van der Waals surface area (Å²) in [4.78, 5) is 22.1. The van der Waals surface area contributed by atoms with Crippen molar-refractivity contribution in [3.05, 3.63) is 26.9 Å². The molecule has 0 atom stereocenters. The van der Waals surface area contributed by atoms with Gasteiger partial charge in [-0.25, -0.2) is 10.3 Å². The zero-order valence-corrected chi connectivity index (χ0v) is 6.74. The average Bonchev–Trinajstić information content (AvgIpc) is 2.08. The molecule has 0 bridgehead atoms. The van der Waals surface area contributed by atoms with Gasteiger partial charge in [0.15, 0.2) is 5.82 Å². The highest BCUT2D eigenvalue weighted by Crippen LogP contribution is 2.01. The van der Waals surface area contributed by atoms with Gasteiger partial charge in [0.2, 0.25) is 0 Å². The molecule has 0 aliphatic heterocycles. The van der Waals surface area contributed by atoms with Gasteiger partial charge < -0.3 is 0 Å². The molecule has 6 nitrogen and oxygen atoms in total. The molecule has 1 aromatic heterocycles. The molecule has 0 spiro atoms. The molecule has 0 radical (unpaired) electrons. The molecular formula is C6H8N4O2. The van der Waals surface area contributed by atoms with Crippen molar-refractivity contribution in [3.8, 4) is 0 Å². The summed E-state index contributed by atoms with van der Waals surface area (Å²) >= 11 is 0. The molecule has 0 saturated heterocycles. The van der Waals surface area contributed by atoms with E-state index < -0.39 is 11.2 Å². The van der Waals surface area contributed by atoms with Gasteiger partial charge in [-0.2, -0.15) is 0 Å². The first kappa shape index (κ1) is 8.38. The number of hydrogen-bond donors (Lipinski definition) is 1. The van der Waals surface area contributed by atoms with Gasteiger partial charge in [0, 0.05) is 20.2 Å². The molecule has 0 amide bonds. The molecule has 64 valence electrons. The van der Waals surface area contributed by atoms with Crippen molar-refractivity contribution in [2.75, 3.05) is 0 Å². The number of rotatable bonds is 1. The second kappa shape index (κ2) is 2.72. The van der Waals surface area contributed by atoms with E-state index in [1.165, 1.54) is 14.1 Å². The van der Waals surface area contributed by atoms with Crippen molar-refractivity contribution in [2.45, 2.75) is 0 Å². The molecule has 0 aliphatic carbocycles. The minimum Gasteiger partial charge on any atom is -0.280 e. The van der Waals surface area contributed by atoms with E-state index in [0.29, 0.717) is 0 Å². The molecule has 12 heavy (non-hydrogen) atoms. The fraction of sp³-hybridized carbons (Fsp3) is 0.333. The Morgan fingerprint density at radius 1 is 1.33 bits per heavy atom. The van der Waals surface area contributed by atoms with Crippen LogP contribution in [0.2, 0.25) is 0 Å². The summed E-state index contributed by atoms with van der Waals surface area (Å²) in [6.45, 7) is 0. The maximum atomic E-state index is 11.2. The molecular weight excluding hydrogens is 160 g/mol. The van der Waals surface area contributed by atoms with Crippen LogP contribution in [0.3, 0.4) is 0 Å². The molecule has 1 rings (SSSR count). The van der Waals surface area contributed by atoms with Crippen molar-refractivity contribution in [1.29, 1.82) is 5.53 Å². The second-order valence-electron chi connectivity index (χ2n) is 2.35. The topological polar surface area (TPSA) is 80.2 Å². The Bertz CT molecular complexity index is 428. The first-order valence-corrected chi connectivity index (χ1v) is 3.22. The Hall–Kier alpha value is -1.72. The summed E-state index contributed by atoms with van der Waals surface area (Å²) in [5, 5.41) is 3.03. The normalized spacial score (nSPS) is 9.83. The van der Waals surface area contributed by atoms with Crippen molar-refractivity contribution < 1.29 is 0 Å². The van der Waals surface area contributed by atoms with Crippen LogP contribution in [-0.4, -0.2) is 9.13 Å². The lowest BCUT2D eigenvalue weighted by atomic mass is 10.5. The Labute approximate surface area is 67.6 Å². The molecule has 0 fully saturated rings. The maximum Gasteiger partial charge on any atom is 0.332 e. The van der Waals surface area contributed by atoms with Gasteiger partial charge in [-0.05, 0) is 0 Å². The molecule has 1 N–H and O–H groups in total. The molecule has 0 saturated carbocycles. The van der Waals surface area contributed by atoms with Crippen molar-refractivity contribution >= 4 is 5.82 Å². The molecule has 0 aromatic carbocycles. The van der Waals surface area contributed by atoms with Gasteiger partial charge in [0.25, 0.3) is 5.56 Å². The predicted octanol–water partition coefficient (Wildman–Crippen LogP) is -0.254. The lowest BCUT2D eigenvalue weighted by molar-refractivity contribution is 0.683. The van der Waals surface area contributed by atoms with Crippen LogP contribution in [0.1, 0.15) is 0 Å². The fourth-order valence-electron chi connectivity index (χ4n) is 0.829. The number of hydrogen-bond acceptors (Lipinski definition) is 4. The van der Waals surface area contributed by atoms with E-state index in [0.717, 1.165) is 15.2 Å². The van der Waals surface area contributed by atoms with Gasteiger partial charge in [-0.15, -0.1) is 5.11 Å². The lowest BCUT2D eigenvalue weighted by Gasteiger charge is -2.02. The van der Waals surface area contributed by atoms with E-state index in [9.17, 15) is 9.59 Å². The highest BCUT2D eigenvalue weighted by atomic mass is 16.2. The zero-order chi connectivity index (χ0) is 9.30. The van der Waals surface area contributed by atoms with E-state index in [1.54, 1.807) is 0 Å². The van der Waals surface area contributed by atoms with Crippen molar-refractivity contribution in [3.63, 3.8) is 0 Å². The number of nitrogens with zero attached hydrogens (tertiary/aromatic N) is 3. The van der Waals surface area contributed by atoms with E-state index in [4.69, 9.17) is 5.53 Å². The van der Waals surface area contributed by atoms with Crippen LogP contribution in [-0.2, 0) is 14.1 Å². The van der Waals surface area contributed by atoms with Gasteiger partial charge in [0.1, 0.15) is 0 Å². The van der Waals surface area contributed by atoms with E-state index in [1.807, 2.05) is 0 Å². The third kappa shape index (κ3) is 1.07. The summed E-state index contributed by atoms with van der Waals surface area (Å²) in [7, 11) is 2.83. The number of nitrogens with one attached hydrogen (secondary N) is 1. The van der Waals surface area contributed by atoms with Crippen LogP contribution in [0.5, 0.6) is 0 Å². The van der Waals surface area contributed by atoms with Crippen LogP contribution in [0, 0.1) is 5.53 Å². The first-order valence-electron chi connectivity index (χ1n) is 3.22. The molecule has 0 aliphatic rings. The summed E-state index contributed by atoms with van der Waals surface area (Å²) in [6.07, 6.45) is 0. The largest absolute Gasteiger partial charge is 0.332 e. The Morgan fingerprint density at radius 2 is 1.92 bits per heavy atom. The highest BCUT2D eigenvalue weighted by molar-refractivity contribution is 5.23. The Morgan fingerprint density at radius 3 is 2.42 bits per heavy atom. The third-order valence-corrected chi connectivity index (χ3v) is 1.62. The quantitative estimate of drug-likeness (QED) is 0.586. The van der Waals surface area contributed by atoms with Crippen LogP contribution >= 0.6 is 0 Å². The standard InChI is InChI=1S/C6H8N4O2/c1-9-4(8-7)3-5(11)10(2)6(9)12/h3,7H,1-2H3. The fourth-order valence-corrected chi connectivity index (χ4v) is 0.829. The van der Waals surface area contributed by atoms with Gasteiger partial charge in [-0.1, -0.05) is 0 Å². The summed E-state index contributed by atoms with van der Waals surface area (Å²) in [5.74, 6) is 0.0584. The monoisotopic (exact) mass is 168 g/mol.